The van der Waals surface area contributed by atoms with E-state index >= 15 is 0 Å². The second kappa shape index (κ2) is 8.32. The molecule has 8 nitrogen and oxygen atoms in total. The minimum atomic E-state index is -3.85. The van der Waals surface area contributed by atoms with Gasteiger partial charge in [-0.2, -0.15) is 0 Å². The molecule has 11 heteroatoms. The fraction of sp³-hybridized carbons (Fsp3) is 0.438. The van der Waals surface area contributed by atoms with Crippen LogP contribution < -0.4 is 4.72 Å². The van der Waals surface area contributed by atoms with Gasteiger partial charge in [-0.05, 0) is 31.0 Å². The van der Waals surface area contributed by atoms with E-state index in [0.29, 0.717) is 13.1 Å². The number of carbonyl (C=O) groups excluding carboxylic acids is 1. The van der Waals surface area contributed by atoms with E-state index in [4.69, 9.17) is 11.6 Å². The zero-order valence-corrected chi connectivity index (χ0v) is 16.0. The Kier molecular flexibility index (Phi) is 6.08. The van der Waals surface area contributed by atoms with E-state index in [1.54, 1.807) is 22.0 Å². The van der Waals surface area contributed by atoms with Crippen LogP contribution in [0.1, 0.15) is 25.3 Å². The quantitative estimate of drug-likeness (QED) is 0.772. The molecule has 1 amide bonds. The molecule has 0 unspecified atom stereocenters. The lowest BCUT2D eigenvalue weighted by Crippen LogP contribution is -2.40. The van der Waals surface area contributed by atoms with Gasteiger partial charge in [-0.3, -0.25) is 4.79 Å². The van der Waals surface area contributed by atoms with Crippen LogP contribution >= 0.6 is 11.6 Å². The molecule has 0 spiro atoms. The molecule has 1 aromatic carbocycles. The van der Waals surface area contributed by atoms with E-state index in [9.17, 15) is 17.6 Å². The summed E-state index contributed by atoms with van der Waals surface area (Å²) in [6.07, 6.45) is 5.02. The molecule has 1 N–H and O–H groups in total. The van der Waals surface area contributed by atoms with Gasteiger partial charge in [0.15, 0.2) is 0 Å². The highest BCUT2D eigenvalue weighted by Crippen LogP contribution is 2.22. The molecule has 0 atom stereocenters. The van der Waals surface area contributed by atoms with Gasteiger partial charge in [-0.15, -0.1) is 5.10 Å². The zero-order chi connectivity index (χ0) is 19.4. The van der Waals surface area contributed by atoms with Gasteiger partial charge < -0.3 is 4.90 Å². The first-order chi connectivity index (χ1) is 12.9. The summed E-state index contributed by atoms with van der Waals surface area (Å²) in [6.45, 7) is 1.13. The molecule has 1 aromatic heterocycles. The number of benzene rings is 1. The molecule has 0 saturated carbocycles. The van der Waals surface area contributed by atoms with Gasteiger partial charge in [-0.25, -0.2) is 22.2 Å². The average Bonchev–Trinajstić information content (AvgIpc) is 3.18. The van der Waals surface area contributed by atoms with Crippen molar-refractivity contribution < 1.29 is 17.6 Å². The van der Waals surface area contributed by atoms with E-state index in [1.807, 2.05) is 0 Å². The standard InChI is InChI=1S/C16H19ClFN5O3S/c17-14-11-13(1-2-15(14)18)27(25,26)20-6-3-16(24)22-8-4-12(5-9-22)23-10-7-19-21-23/h1-2,7,10-12,20H,3-6,8-9H2. The average molecular weight is 416 g/mol. The summed E-state index contributed by atoms with van der Waals surface area (Å²) in [5, 5.41) is 7.49. The number of carbonyl (C=O) groups is 1. The van der Waals surface area contributed by atoms with Crippen LogP contribution in [0.5, 0.6) is 0 Å². The number of hydrogen-bond donors (Lipinski definition) is 1. The molecule has 1 fully saturated rings. The maximum atomic E-state index is 13.2. The number of amides is 1. The molecule has 2 heterocycles. The number of likely N-dealkylation sites (tertiary alicyclic amines) is 1. The second-order valence-corrected chi connectivity index (χ2v) is 8.39. The molecule has 1 aliphatic rings. The van der Waals surface area contributed by atoms with Gasteiger partial charge >= 0.3 is 0 Å². The summed E-state index contributed by atoms with van der Waals surface area (Å²) >= 11 is 5.62. The number of halogens is 2. The fourth-order valence-corrected chi connectivity index (χ4v) is 4.27. The van der Waals surface area contributed by atoms with Crippen LogP contribution in [0.25, 0.3) is 0 Å². The Morgan fingerprint density at radius 2 is 2.07 bits per heavy atom. The SMILES string of the molecule is O=C(CCNS(=O)(=O)c1ccc(F)c(Cl)c1)N1CCC(n2ccnn2)CC1. The Morgan fingerprint density at radius 3 is 2.70 bits per heavy atom. The van der Waals surface area contributed by atoms with Crippen LogP contribution in [0.3, 0.4) is 0 Å². The van der Waals surface area contributed by atoms with Gasteiger partial charge in [0.1, 0.15) is 5.82 Å². The van der Waals surface area contributed by atoms with Crippen LogP contribution in [-0.2, 0) is 14.8 Å². The van der Waals surface area contributed by atoms with E-state index in [0.717, 1.165) is 31.0 Å². The van der Waals surface area contributed by atoms with E-state index in [1.165, 1.54) is 0 Å². The number of aromatic nitrogens is 3. The monoisotopic (exact) mass is 415 g/mol. The maximum Gasteiger partial charge on any atom is 0.240 e. The molecule has 27 heavy (non-hydrogen) atoms. The highest BCUT2D eigenvalue weighted by atomic mass is 35.5. The van der Waals surface area contributed by atoms with Crippen LogP contribution in [0.2, 0.25) is 5.02 Å². The molecule has 3 rings (SSSR count). The van der Waals surface area contributed by atoms with Crippen molar-refractivity contribution in [3.05, 3.63) is 41.4 Å². The maximum absolute atomic E-state index is 13.2. The van der Waals surface area contributed by atoms with Crippen molar-refractivity contribution in [2.24, 2.45) is 0 Å². The smallest absolute Gasteiger partial charge is 0.240 e. The van der Waals surface area contributed by atoms with Gasteiger partial charge in [0.2, 0.25) is 15.9 Å². The van der Waals surface area contributed by atoms with E-state index < -0.39 is 15.8 Å². The molecule has 2 aromatic rings. The van der Waals surface area contributed by atoms with Crippen molar-refractivity contribution in [3.8, 4) is 0 Å². The third kappa shape index (κ3) is 4.82. The number of rotatable bonds is 6. The predicted octanol–water partition coefficient (Wildman–Crippen LogP) is 1.60. The third-order valence-corrected chi connectivity index (χ3v) is 6.21. The number of nitrogens with zero attached hydrogens (tertiary/aromatic N) is 4. The molecule has 1 saturated heterocycles. The molecular formula is C16H19ClFN5O3S. The summed E-state index contributed by atoms with van der Waals surface area (Å²) in [4.78, 5) is 13.9. The fourth-order valence-electron chi connectivity index (χ4n) is 2.97. The summed E-state index contributed by atoms with van der Waals surface area (Å²) < 4.78 is 41.7. The van der Waals surface area contributed by atoms with Crippen LogP contribution in [0.15, 0.2) is 35.5 Å². The molecule has 1 aliphatic heterocycles. The Labute approximate surface area is 161 Å². The minimum Gasteiger partial charge on any atom is -0.343 e. The van der Waals surface area contributed by atoms with Crippen molar-refractivity contribution in [1.29, 1.82) is 0 Å². The van der Waals surface area contributed by atoms with E-state index in [-0.39, 0.29) is 34.8 Å². The van der Waals surface area contributed by atoms with Crippen molar-refractivity contribution in [2.45, 2.75) is 30.2 Å². The summed E-state index contributed by atoms with van der Waals surface area (Å²) in [5.74, 6) is -0.813. The molecule has 0 aliphatic carbocycles. The number of piperidine rings is 1. The van der Waals surface area contributed by atoms with Gasteiger partial charge in [-0.1, -0.05) is 16.8 Å². The normalized spacial score (nSPS) is 15.9. The lowest BCUT2D eigenvalue weighted by Gasteiger charge is -2.31. The van der Waals surface area contributed by atoms with Gasteiger partial charge in [0.05, 0.1) is 22.2 Å². The first-order valence-electron chi connectivity index (χ1n) is 8.45. The summed E-state index contributed by atoms with van der Waals surface area (Å²) in [5.41, 5.74) is 0. The van der Waals surface area contributed by atoms with Gasteiger partial charge in [0.25, 0.3) is 0 Å². The van der Waals surface area contributed by atoms with Crippen LogP contribution in [0.4, 0.5) is 4.39 Å². The predicted molar refractivity (Wildman–Crippen MR) is 96.1 cm³/mol. The van der Waals surface area contributed by atoms with Crippen LogP contribution in [0, 0.1) is 5.82 Å². The highest BCUT2D eigenvalue weighted by Gasteiger charge is 2.24. The summed E-state index contributed by atoms with van der Waals surface area (Å²) in [7, 11) is -3.85. The first kappa shape index (κ1) is 19.7. The van der Waals surface area contributed by atoms with Crippen molar-refractivity contribution in [3.63, 3.8) is 0 Å². The molecule has 146 valence electrons. The number of sulfonamides is 1. The lowest BCUT2D eigenvalue weighted by atomic mass is 10.1. The number of nitrogens with one attached hydrogen (secondary N) is 1. The third-order valence-electron chi connectivity index (χ3n) is 4.46. The Balaban J connectivity index is 1.47. The Morgan fingerprint density at radius 1 is 1.33 bits per heavy atom. The lowest BCUT2D eigenvalue weighted by molar-refractivity contribution is -0.132. The van der Waals surface area contributed by atoms with Gasteiger partial charge in [0, 0.05) is 32.3 Å². The van der Waals surface area contributed by atoms with Crippen molar-refractivity contribution in [2.75, 3.05) is 19.6 Å². The largest absolute Gasteiger partial charge is 0.343 e. The topological polar surface area (TPSA) is 97.2 Å². The first-order valence-corrected chi connectivity index (χ1v) is 10.3. The Hall–Kier alpha value is -2.04. The van der Waals surface area contributed by atoms with Crippen molar-refractivity contribution >= 4 is 27.5 Å². The molecule has 0 radical (unpaired) electrons. The Bertz CT molecular complexity index is 899. The van der Waals surface area contributed by atoms with Crippen molar-refractivity contribution in [1.82, 2.24) is 24.6 Å². The molecular weight excluding hydrogens is 397 g/mol. The summed E-state index contributed by atoms with van der Waals surface area (Å²) in [6, 6.07) is 3.37. The van der Waals surface area contributed by atoms with Crippen LogP contribution in [-0.4, -0.2) is 53.9 Å². The molecule has 0 bridgehead atoms. The minimum absolute atomic E-state index is 0.0425. The highest BCUT2D eigenvalue weighted by molar-refractivity contribution is 7.89. The number of hydrogen-bond acceptors (Lipinski definition) is 5. The van der Waals surface area contributed by atoms with E-state index in [2.05, 4.69) is 15.0 Å². The zero-order valence-electron chi connectivity index (χ0n) is 14.4. The second-order valence-electron chi connectivity index (χ2n) is 6.22.